The Morgan fingerprint density at radius 2 is 1.90 bits per heavy atom. The Bertz CT molecular complexity index is 462. The molecule has 0 aromatic carbocycles. The predicted octanol–water partition coefficient (Wildman–Crippen LogP) is 3.66. The van der Waals surface area contributed by atoms with Gasteiger partial charge in [-0.2, -0.15) is 0 Å². The van der Waals surface area contributed by atoms with Gasteiger partial charge in [-0.15, -0.1) is 0 Å². The molecular weight excluding hydrogens is 258 g/mol. The highest BCUT2D eigenvalue weighted by molar-refractivity contribution is 5.42. The Balaban J connectivity index is 1.61. The highest BCUT2D eigenvalue weighted by Crippen LogP contribution is 2.26. The lowest BCUT2D eigenvalue weighted by atomic mass is 9.89. The van der Waals surface area contributed by atoms with E-state index in [1.807, 2.05) is 0 Å². The first kappa shape index (κ1) is 14.8. The van der Waals surface area contributed by atoms with Crippen LogP contribution in [-0.4, -0.2) is 24.6 Å². The van der Waals surface area contributed by atoms with Crippen molar-refractivity contribution in [2.75, 3.05) is 18.5 Å². The van der Waals surface area contributed by atoms with Gasteiger partial charge in [-0.1, -0.05) is 19.3 Å². The van der Waals surface area contributed by atoms with Crippen LogP contribution >= 0.6 is 0 Å². The number of rotatable bonds is 6. The summed E-state index contributed by atoms with van der Waals surface area (Å²) < 4.78 is 0. The van der Waals surface area contributed by atoms with Crippen molar-refractivity contribution in [1.29, 1.82) is 0 Å². The average molecular weight is 287 g/mol. The van der Waals surface area contributed by atoms with Crippen molar-refractivity contribution in [3.05, 3.63) is 23.4 Å². The van der Waals surface area contributed by atoms with Crippen molar-refractivity contribution in [1.82, 2.24) is 10.3 Å². The molecule has 0 amide bonds. The molecule has 3 nitrogen and oxygen atoms in total. The summed E-state index contributed by atoms with van der Waals surface area (Å²) in [5.74, 6) is 2.01. The summed E-state index contributed by atoms with van der Waals surface area (Å²) in [6.45, 7) is 4.25. The van der Waals surface area contributed by atoms with Gasteiger partial charge < -0.3 is 10.2 Å². The van der Waals surface area contributed by atoms with E-state index in [0.29, 0.717) is 0 Å². The van der Waals surface area contributed by atoms with E-state index in [0.717, 1.165) is 36.6 Å². The van der Waals surface area contributed by atoms with Gasteiger partial charge in [0, 0.05) is 31.9 Å². The molecule has 21 heavy (non-hydrogen) atoms. The third-order valence-electron chi connectivity index (χ3n) is 4.82. The Kier molecular flexibility index (Phi) is 4.79. The standard InChI is InChI=1S/C18H29N3/c1-14-10-16(12-19-17-8-9-17)11-18(20-14)21(2)13-15-6-4-3-5-7-15/h10-11,15,17,19H,3-9,12-13H2,1-2H3. The molecule has 0 spiro atoms. The Labute approximate surface area is 129 Å². The van der Waals surface area contributed by atoms with Crippen molar-refractivity contribution in [2.45, 2.75) is 64.5 Å². The summed E-state index contributed by atoms with van der Waals surface area (Å²) in [6, 6.07) is 5.25. The van der Waals surface area contributed by atoms with Crippen LogP contribution in [0.2, 0.25) is 0 Å². The van der Waals surface area contributed by atoms with Gasteiger partial charge in [0.2, 0.25) is 0 Å². The molecule has 0 saturated heterocycles. The fraction of sp³-hybridized carbons (Fsp3) is 0.722. The van der Waals surface area contributed by atoms with Gasteiger partial charge in [-0.25, -0.2) is 4.98 Å². The fourth-order valence-corrected chi connectivity index (χ4v) is 3.42. The minimum absolute atomic E-state index is 0.766. The van der Waals surface area contributed by atoms with Crippen LogP contribution in [0.15, 0.2) is 12.1 Å². The first-order valence-corrected chi connectivity index (χ1v) is 8.63. The molecular formula is C18H29N3. The first-order valence-electron chi connectivity index (χ1n) is 8.63. The number of aryl methyl sites for hydroxylation is 1. The molecule has 0 atom stereocenters. The molecule has 1 aromatic rings. The monoisotopic (exact) mass is 287 g/mol. The molecule has 3 heteroatoms. The number of nitrogens with one attached hydrogen (secondary N) is 1. The van der Waals surface area contributed by atoms with Gasteiger partial charge in [-0.05, 0) is 56.2 Å². The highest BCUT2D eigenvalue weighted by Gasteiger charge is 2.20. The molecule has 2 aliphatic carbocycles. The quantitative estimate of drug-likeness (QED) is 0.865. The van der Waals surface area contributed by atoms with Crippen LogP contribution in [0.5, 0.6) is 0 Å². The minimum atomic E-state index is 0.766. The van der Waals surface area contributed by atoms with E-state index in [-0.39, 0.29) is 0 Å². The van der Waals surface area contributed by atoms with E-state index in [4.69, 9.17) is 4.98 Å². The fourth-order valence-electron chi connectivity index (χ4n) is 3.42. The van der Waals surface area contributed by atoms with Gasteiger partial charge in [0.25, 0.3) is 0 Å². The van der Waals surface area contributed by atoms with Crippen molar-refractivity contribution in [3.63, 3.8) is 0 Å². The SMILES string of the molecule is Cc1cc(CNC2CC2)cc(N(C)CC2CCCCC2)n1. The highest BCUT2D eigenvalue weighted by atomic mass is 15.2. The van der Waals surface area contributed by atoms with E-state index < -0.39 is 0 Å². The summed E-state index contributed by atoms with van der Waals surface area (Å²) in [6.07, 6.45) is 9.74. The first-order chi connectivity index (χ1) is 10.2. The molecule has 1 N–H and O–H groups in total. The number of hydrogen-bond acceptors (Lipinski definition) is 3. The second-order valence-corrected chi connectivity index (χ2v) is 7.01. The smallest absolute Gasteiger partial charge is 0.128 e. The van der Waals surface area contributed by atoms with Crippen molar-refractivity contribution in [3.8, 4) is 0 Å². The lowest BCUT2D eigenvalue weighted by Crippen LogP contribution is -2.28. The summed E-state index contributed by atoms with van der Waals surface area (Å²) in [7, 11) is 2.20. The van der Waals surface area contributed by atoms with Crippen molar-refractivity contribution < 1.29 is 0 Å². The normalized spacial score (nSPS) is 19.7. The van der Waals surface area contributed by atoms with Gasteiger partial charge in [0.15, 0.2) is 0 Å². The maximum absolute atomic E-state index is 4.74. The van der Waals surface area contributed by atoms with Crippen molar-refractivity contribution >= 4 is 5.82 Å². The third kappa shape index (κ3) is 4.44. The second-order valence-electron chi connectivity index (χ2n) is 7.01. The molecule has 0 unspecified atom stereocenters. The summed E-state index contributed by atoms with van der Waals surface area (Å²) in [5.41, 5.74) is 2.51. The maximum Gasteiger partial charge on any atom is 0.128 e. The number of hydrogen-bond donors (Lipinski definition) is 1. The number of anilines is 1. The van der Waals surface area contributed by atoms with Gasteiger partial charge in [0.05, 0.1) is 0 Å². The Morgan fingerprint density at radius 3 is 2.62 bits per heavy atom. The minimum Gasteiger partial charge on any atom is -0.359 e. The van der Waals surface area contributed by atoms with Crippen LogP contribution in [0, 0.1) is 12.8 Å². The second kappa shape index (κ2) is 6.78. The molecule has 2 aliphatic rings. The Morgan fingerprint density at radius 1 is 1.14 bits per heavy atom. The van der Waals surface area contributed by atoms with Crippen LogP contribution in [0.25, 0.3) is 0 Å². The van der Waals surface area contributed by atoms with Gasteiger partial charge in [-0.3, -0.25) is 0 Å². The lowest BCUT2D eigenvalue weighted by molar-refractivity contribution is 0.361. The largest absolute Gasteiger partial charge is 0.359 e. The van der Waals surface area contributed by atoms with E-state index in [2.05, 4.69) is 36.3 Å². The zero-order chi connectivity index (χ0) is 14.7. The van der Waals surface area contributed by atoms with E-state index >= 15 is 0 Å². The van der Waals surface area contributed by atoms with Gasteiger partial charge >= 0.3 is 0 Å². The summed E-state index contributed by atoms with van der Waals surface area (Å²) in [4.78, 5) is 7.10. The van der Waals surface area contributed by atoms with Crippen LogP contribution < -0.4 is 10.2 Å². The Hall–Kier alpha value is -1.09. The molecule has 1 aromatic heterocycles. The topological polar surface area (TPSA) is 28.2 Å². The van der Waals surface area contributed by atoms with Crippen LogP contribution in [0.1, 0.15) is 56.2 Å². The summed E-state index contributed by atoms with van der Waals surface area (Å²) >= 11 is 0. The number of pyridine rings is 1. The molecule has 2 fully saturated rings. The van der Waals surface area contributed by atoms with E-state index in [9.17, 15) is 0 Å². The predicted molar refractivity (Wildman–Crippen MR) is 88.7 cm³/mol. The number of nitrogens with zero attached hydrogens (tertiary/aromatic N) is 2. The lowest BCUT2D eigenvalue weighted by Gasteiger charge is -2.28. The van der Waals surface area contributed by atoms with E-state index in [1.54, 1.807) is 0 Å². The summed E-state index contributed by atoms with van der Waals surface area (Å²) in [5, 5.41) is 3.60. The third-order valence-corrected chi connectivity index (χ3v) is 4.82. The molecule has 0 aliphatic heterocycles. The van der Waals surface area contributed by atoms with E-state index in [1.165, 1.54) is 50.5 Å². The molecule has 2 saturated carbocycles. The van der Waals surface area contributed by atoms with Crippen molar-refractivity contribution in [2.24, 2.45) is 5.92 Å². The zero-order valence-corrected chi connectivity index (χ0v) is 13.6. The molecule has 3 rings (SSSR count). The zero-order valence-electron chi connectivity index (χ0n) is 13.6. The maximum atomic E-state index is 4.74. The van der Waals surface area contributed by atoms with Crippen LogP contribution in [0.3, 0.4) is 0 Å². The van der Waals surface area contributed by atoms with Crippen LogP contribution in [-0.2, 0) is 6.54 Å². The molecule has 0 bridgehead atoms. The van der Waals surface area contributed by atoms with Gasteiger partial charge in [0.1, 0.15) is 5.82 Å². The molecule has 116 valence electrons. The molecule has 0 radical (unpaired) electrons. The average Bonchev–Trinajstić information content (AvgIpc) is 3.30. The number of aromatic nitrogens is 1. The molecule has 1 heterocycles. The van der Waals surface area contributed by atoms with Crippen LogP contribution in [0.4, 0.5) is 5.82 Å².